The van der Waals surface area contributed by atoms with Crippen molar-refractivity contribution in [2.75, 3.05) is 63.0 Å². The maximum atomic E-state index is 13.7. The first kappa shape index (κ1) is 17.0. The number of benzene rings is 2. The molecule has 6 rings (SSSR count). The van der Waals surface area contributed by atoms with Crippen LogP contribution in [0.1, 0.15) is 11.1 Å². The monoisotopic (exact) mass is 394 g/mol. The van der Waals surface area contributed by atoms with E-state index in [1.54, 1.807) is 4.90 Å². The predicted molar refractivity (Wildman–Crippen MR) is 107 cm³/mol. The molecule has 0 saturated carbocycles. The van der Waals surface area contributed by atoms with Crippen LogP contribution in [0, 0.1) is 0 Å². The van der Waals surface area contributed by atoms with Crippen molar-refractivity contribution in [1.82, 2.24) is 0 Å². The van der Waals surface area contributed by atoms with E-state index >= 15 is 0 Å². The van der Waals surface area contributed by atoms with Crippen molar-refractivity contribution >= 4 is 17.3 Å². The molecular weight excluding hydrogens is 372 g/mol. The molecule has 1 saturated heterocycles. The lowest BCUT2D eigenvalue weighted by Crippen LogP contribution is -2.43. The lowest BCUT2D eigenvalue weighted by molar-refractivity contribution is -0.121. The highest BCUT2D eigenvalue weighted by Crippen LogP contribution is 2.56. The van der Waals surface area contributed by atoms with Crippen LogP contribution in [0.2, 0.25) is 0 Å². The normalized spacial score (nSPS) is 24.5. The van der Waals surface area contributed by atoms with E-state index in [2.05, 4.69) is 11.0 Å². The summed E-state index contributed by atoms with van der Waals surface area (Å²) < 4.78 is 23.2. The van der Waals surface area contributed by atoms with E-state index in [-0.39, 0.29) is 12.5 Å². The molecule has 0 bridgehead atoms. The molecule has 0 aromatic heterocycles. The topological polar surface area (TPSA) is 60.5 Å². The van der Waals surface area contributed by atoms with Crippen molar-refractivity contribution in [2.45, 2.75) is 5.41 Å². The third-order valence-corrected chi connectivity index (χ3v) is 6.38. The van der Waals surface area contributed by atoms with E-state index in [9.17, 15) is 4.79 Å². The largest absolute Gasteiger partial charge is 0.491 e. The Hall–Kier alpha value is -2.93. The number of ether oxygens (including phenoxy) is 4. The first-order valence-electron chi connectivity index (χ1n) is 10.0. The lowest BCUT2D eigenvalue weighted by Gasteiger charge is -2.33. The lowest BCUT2D eigenvalue weighted by atomic mass is 9.76. The Kier molecular flexibility index (Phi) is 3.53. The summed E-state index contributed by atoms with van der Waals surface area (Å²) in [5, 5.41) is 0. The average molecular weight is 394 g/mol. The van der Waals surface area contributed by atoms with Gasteiger partial charge in [-0.25, -0.2) is 0 Å². The average Bonchev–Trinajstić information content (AvgIpc) is 3.25. The molecule has 0 radical (unpaired) electrons. The van der Waals surface area contributed by atoms with Gasteiger partial charge in [0.05, 0.1) is 18.9 Å². The summed E-state index contributed by atoms with van der Waals surface area (Å²) in [6, 6.07) is 9.94. The van der Waals surface area contributed by atoms with Crippen LogP contribution in [0.4, 0.5) is 11.4 Å². The van der Waals surface area contributed by atoms with Crippen LogP contribution in [0.3, 0.4) is 0 Å². The molecule has 150 valence electrons. The molecule has 2 aromatic carbocycles. The van der Waals surface area contributed by atoms with E-state index in [0.717, 1.165) is 35.6 Å². The highest BCUT2D eigenvalue weighted by Gasteiger charge is 2.58. The number of morpholine rings is 1. The van der Waals surface area contributed by atoms with Gasteiger partial charge in [0.1, 0.15) is 31.0 Å². The van der Waals surface area contributed by atoms with Crippen LogP contribution in [0.5, 0.6) is 17.2 Å². The van der Waals surface area contributed by atoms with Gasteiger partial charge in [0.15, 0.2) is 11.5 Å². The number of amides is 1. The fourth-order valence-corrected chi connectivity index (χ4v) is 4.99. The van der Waals surface area contributed by atoms with Gasteiger partial charge in [-0.15, -0.1) is 0 Å². The number of hydrogen-bond donors (Lipinski definition) is 0. The van der Waals surface area contributed by atoms with Gasteiger partial charge in [-0.2, -0.15) is 0 Å². The second-order valence-electron chi connectivity index (χ2n) is 7.82. The zero-order chi connectivity index (χ0) is 19.6. The molecule has 1 atom stereocenters. The number of hydrogen-bond acceptors (Lipinski definition) is 6. The molecule has 29 heavy (non-hydrogen) atoms. The van der Waals surface area contributed by atoms with Gasteiger partial charge in [-0.1, -0.05) is 6.07 Å². The summed E-state index contributed by atoms with van der Waals surface area (Å²) in [6.45, 7) is 4.28. The molecule has 4 heterocycles. The van der Waals surface area contributed by atoms with Crippen LogP contribution in [0.25, 0.3) is 0 Å². The molecule has 0 N–H and O–H groups in total. The number of nitrogens with zero attached hydrogens (tertiary/aromatic N) is 2. The Balaban J connectivity index is 1.58. The van der Waals surface area contributed by atoms with Crippen LogP contribution < -0.4 is 24.0 Å². The van der Waals surface area contributed by atoms with Crippen LogP contribution >= 0.6 is 0 Å². The van der Waals surface area contributed by atoms with E-state index in [0.29, 0.717) is 43.7 Å². The van der Waals surface area contributed by atoms with Gasteiger partial charge in [-0.3, -0.25) is 4.79 Å². The third kappa shape index (κ3) is 2.19. The minimum Gasteiger partial charge on any atom is -0.491 e. The maximum Gasteiger partial charge on any atom is 0.245 e. The molecule has 7 heteroatoms. The molecule has 1 spiro atoms. The summed E-state index contributed by atoms with van der Waals surface area (Å²) in [6.07, 6.45) is 0. The molecule has 4 aliphatic rings. The standard InChI is InChI=1S/C22H22N2O5/c1-23-15-3-2-4-16(24-5-7-26-8-6-24)20(15)22(21(23)25)13-29-17-12-19-18(11-14(17)22)27-9-10-28-19/h2-4,11-12H,5-10,13H2,1H3. The maximum absolute atomic E-state index is 13.7. The van der Waals surface area contributed by atoms with E-state index in [1.807, 2.05) is 31.3 Å². The number of rotatable bonds is 1. The molecule has 2 aromatic rings. The summed E-state index contributed by atoms with van der Waals surface area (Å²) in [4.78, 5) is 17.8. The minimum atomic E-state index is -0.871. The second-order valence-corrected chi connectivity index (χ2v) is 7.82. The molecule has 1 unspecified atom stereocenters. The van der Waals surface area contributed by atoms with Crippen molar-refractivity contribution in [3.05, 3.63) is 41.5 Å². The van der Waals surface area contributed by atoms with Crippen LogP contribution in [-0.4, -0.2) is 59.1 Å². The van der Waals surface area contributed by atoms with Crippen molar-refractivity contribution < 1.29 is 23.7 Å². The van der Waals surface area contributed by atoms with Gasteiger partial charge in [0.2, 0.25) is 5.91 Å². The first-order valence-corrected chi connectivity index (χ1v) is 10.0. The van der Waals surface area contributed by atoms with Crippen molar-refractivity contribution in [3.63, 3.8) is 0 Å². The summed E-state index contributed by atoms with van der Waals surface area (Å²) in [5.41, 5.74) is 3.02. The number of anilines is 2. The van der Waals surface area contributed by atoms with Gasteiger partial charge < -0.3 is 28.7 Å². The highest BCUT2D eigenvalue weighted by molar-refractivity contribution is 6.13. The number of carbonyl (C=O) groups is 1. The number of fused-ring (bicyclic) bond motifs is 5. The molecule has 1 amide bonds. The first-order chi connectivity index (χ1) is 14.2. The van der Waals surface area contributed by atoms with Crippen LogP contribution in [0.15, 0.2) is 30.3 Å². The zero-order valence-electron chi connectivity index (χ0n) is 16.3. The molecule has 0 aliphatic carbocycles. The van der Waals surface area contributed by atoms with E-state index in [4.69, 9.17) is 18.9 Å². The quantitative estimate of drug-likeness (QED) is 0.737. The van der Waals surface area contributed by atoms with Gasteiger partial charge in [-0.05, 0) is 18.2 Å². The van der Waals surface area contributed by atoms with Crippen molar-refractivity contribution in [3.8, 4) is 17.2 Å². The smallest absolute Gasteiger partial charge is 0.245 e. The predicted octanol–water partition coefficient (Wildman–Crippen LogP) is 1.95. The molecule has 7 nitrogen and oxygen atoms in total. The van der Waals surface area contributed by atoms with Gasteiger partial charge in [0, 0.05) is 43.0 Å². The molecular formula is C22H22N2O5. The van der Waals surface area contributed by atoms with Crippen molar-refractivity contribution in [1.29, 1.82) is 0 Å². The van der Waals surface area contributed by atoms with E-state index < -0.39 is 5.41 Å². The van der Waals surface area contributed by atoms with Crippen molar-refractivity contribution in [2.24, 2.45) is 0 Å². The SMILES string of the molecule is CN1C(=O)C2(COc3cc4c(cc32)OCCO4)c2c(N3CCOCC3)cccc21. The summed E-state index contributed by atoms with van der Waals surface area (Å²) in [5.74, 6) is 2.07. The Morgan fingerprint density at radius 1 is 0.897 bits per heavy atom. The molecule has 4 aliphatic heterocycles. The summed E-state index contributed by atoms with van der Waals surface area (Å²) in [7, 11) is 1.84. The minimum absolute atomic E-state index is 0.0311. The number of likely N-dealkylation sites (N-methyl/N-ethyl adjacent to an activating group) is 1. The van der Waals surface area contributed by atoms with Gasteiger partial charge in [0.25, 0.3) is 0 Å². The van der Waals surface area contributed by atoms with Gasteiger partial charge >= 0.3 is 0 Å². The Bertz CT molecular complexity index is 1020. The number of carbonyl (C=O) groups excluding carboxylic acids is 1. The Morgan fingerprint density at radius 2 is 1.62 bits per heavy atom. The highest BCUT2D eigenvalue weighted by atomic mass is 16.6. The van der Waals surface area contributed by atoms with E-state index in [1.165, 1.54) is 0 Å². The molecule has 1 fully saturated rings. The third-order valence-electron chi connectivity index (χ3n) is 6.38. The van der Waals surface area contributed by atoms with Crippen LogP contribution in [-0.2, 0) is 14.9 Å². The summed E-state index contributed by atoms with van der Waals surface area (Å²) >= 11 is 0. The zero-order valence-corrected chi connectivity index (χ0v) is 16.3. The fourth-order valence-electron chi connectivity index (χ4n) is 4.99. The second kappa shape index (κ2) is 6.03. The fraction of sp³-hybridized carbons (Fsp3) is 0.409. The Labute approximate surface area is 168 Å². The Morgan fingerprint density at radius 3 is 2.41 bits per heavy atom.